The Hall–Kier alpha value is -3.12. The van der Waals surface area contributed by atoms with Gasteiger partial charge in [-0.2, -0.15) is 5.10 Å². The second-order valence-electron chi connectivity index (χ2n) is 9.19. The number of piperazine rings is 1. The number of aromatic nitrogens is 2. The largest absolute Gasteiger partial charge is 0.489 e. The minimum atomic E-state index is 0.0929. The monoisotopic (exact) mass is 446 g/mol. The van der Waals surface area contributed by atoms with E-state index in [1.165, 1.54) is 11.1 Å². The maximum Gasteiger partial charge on any atom is 0.253 e. The van der Waals surface area contributed by atoms with E-state index in [-0.39, 0.29) is 5.91 Å². The number of nitrogens with zero attached hydrogens (tertiary/aromatic N) is 4. The molecule has 0 spiro atoms. The van der Waals surface area contributed by atoms with E-state index in [1.807, 2.05) is 60.0 Å². The first-order valence-corrected chi connectivity index (χ1v) is 11.7. The van der Waals surface area contributed by atoms with Crippen molar-refractivity contribution in [3.8, 4) is 5.75 Å². The molecule has 1 aliphatic heterocycles. The SMILES string of the molecule is Cc1nn(C)cc1CN1CCN(C(=O)c2cccc(COc3ccc(C(C)C)cc3)c2)CC1. The Bertz CT molecular complexity index is 1080. The Morgan fingerprint density at radius 1 is 1.06 bits per heavy atom. The second kappa shape index (κ2) is 10.2. The average Bonchev–Trinajstić information content (AvgIpc) is 3.14. The van der Waals surface area contributed by atoms with Crippen LogP contribution in [-0.4, -0.2) is 51.7 Å². The fraction of sp³-hybridized carbons (Fsp3) is 0.407. The number of hydrogen-bond acceptors (Lipinski definition) is 4. The lowest BCUT2D eigenvalue weighted by atomic mass is 10.0. The first kappa shape index (κ1) is 23.1. The number of benzene rings is 2. The van der Waals surface area contributed by atoms with Gasteiger partial charge in [0.25, 0.3) is 5.91 Å². The molecule has 0 unspecified atom stereocenters. The highest BCUT2D eigenvalue weighted by Gasteiger charge is 2.23. The van der Waals surface area contributed by atoms with Crippen molar-refractivity contribution in [2.24, 2.45) is 7.05 Å². The molecular weight excluding hydrogens is 412 g/mol. The van der Waals surface area contributed by atoms with Gasteiger partial charge in [0.15, 0.2) is 0 Å². The van der Waals surface area contributed by atoms with Gasteiger partial charge in [-0.1, -0.05) is 38.1 Å². The summed E-state index contributed by atoms with van der Waals surface area (Å²) in [5.41, 5.74) is 5.35. The summed E-state index contributed by atoms with van der Waals surface area (Å²) < 4.78 is 7.81. The molecule has 6 nitrogen and oxygen atoms in total. The number of rotatable bonds is 7. The van der Waals surface area contributed by atoms with Gasteiger partial charge < -0.3 is 9.64 Å². The summed E-state index contributed by atoms with van der Waals surface area (Å²) in [4.78, 5) is 17.5. The Kier molecular flexibility index (Phi) is 7.14. The zero-order valence-corrected chi connectivity index (χ0v) is 20.1. The number of carbonyl (C=O) groups is 1. The topological polar surface area (TPSA) is 50.6 Å². The molecule has 3 aromatic rings. The number of amides is 1. The third-order valence-corrected chi connectivity index (χ3v) is 6.29. The fourth-order valence-electron chi connectivity index (χ4n) is 4.25. The molecule has 1 aromatic heterocycles. The van der Waals surface area contributed by atoms with Gasteiger partial charge in [-0.25, -0.2) is 0 Å². The molecule has 1 amide bonds. The van der Waals surface area contributed by atoms with Crippen molar-refractivity contribution in [2.75, 3.05) is 26.2 Å². The van der Waals surface area contributed by atoms with Crippen LogP contribution in [0.25, 0.3) is 0 Å². The number of hydrogen-bond donors (Lipinski definition) is 0. The predicted molar refractivity (Wildman–Crippen MR) is 130 cm³/mol. The predicted octanol–water partition coefficient (Wildman–Crippen LogP) is 4.39. The van der Waals surface area contributed by atoms with Crippen LogP contribution in [0.15, 0.2) is 54.7 Å². The van der Waals surface area contributed by atoms with E-state index in [0.717, 1.165) is 55.3 Å². The van der Waals surface area contributed by atoms with Crippen LogP contribution in [0.4, 0.5) is 0 Å². The first-order valence-electron chi connectivity index (χ1n) is 11.7. The lowest BCUT2D eigenvalue weighted by Crippen LogP contribution is -2.48. The van der Waals surface area contributed by atoms with Crippen molar-refractivity contribution in [2.45, 2.75) is 39.8 Å². The fourth-order valence-corrected chi connectivity index (χ4v) is 4.25. The summed E-state index contributed by atoms with van der Waals surface area (Å²) in [5.74, 6) is 1.44. The van der Waals surface area contributed by atoms with Crippen LogP contribution >= 0.6 is 0 Å². The van der Waals surface area contributed by atoms with Crippen LogP contribution in [0.5, 0.6) is 5.75 Å². The van der Waals surface area contributed by atoms with Crippen LogP contribution in [0.2, 0.25) is 0 Å². The van der Waals surface area contributed by atoms with Gasteiger partial charge in [-0.05, 0) is 48.2 Å². The van der Waals surface area contributed by atoms with Gasteiger partial charge in [-0.3, -0.25) is 14.4 Å². The van der Waals surface area contributed by atoms with E-state index in [4.69, 9.17) is 4.74 Å². The van der Waals surface area contributed by atoms with Gasteiger partial charge in [-0.15, -0.1) is 0 Å². The van der Waals surface area contributed by atoms with Gasteiger partial charge in [0.05, 0.1) is 5.69 Å². The van der Waals surface area contributed by atoms with E-state index in [9.17, 15) is 4.79 Å². The highest BCUT2D eigenvalue weighted by Crippen LogP contribution is 2.20. The lowest BCUT2D eigenvalue weighted by Gasteiger charge is -2.34. The highest BCUT2D eigenvalue weighted by molar-refractivity contribution is 5.94. The molecule has 0 N–H and O–H groups in total. The molecule has 1 fully saturated rings. The second-order valence-corrected chi connectivity index (χ2v) is 9.19. The Labute approximate surface area is 196 Å². The quantitative estimate of drug-likeness (QED) is 0.540. The van der Waals surface area contributed by atoms with Gasteiger partial charge >= 0.3 is 0 Å². The molecule has 0 radical (unpaired) electrons. The minimum Gasteiger partial charge on any atom is -0.489 e. The van der Waals surface area contributed by atoms with Crippen LogP contribution < -0.4 is 4.74 Å². The van der Waals surface area contributed by atoms with Crippen molar-refractivity contribution in [3.63, 3.8) is 0 Å². The van der Waals surface area contributed by atoms with E-state index < -0.39 is 0 Å². The summed E-state index contributed by atoms with van der Waals surface area (Å²) in [7, 11) is 1.95. The molecule has 0 atom stereocenters. The Balaban J connectivity index is 1.30. The smallest absolute Gasteiger partial charge is 0.253 e. The molecule has 1 saturated heterocycles. The zero-order chi connectivity index (χ0) is 23.4. The number of aryl methyl sites for hydroxylation is 2. The molecule has 33 heavy (non-hydrogen) atoms. The first-order chi connectivity index (χ1) is 15.9. The molecule has 6 heteroatoms. The molecule has 0 saturated carbocycles. The third-order valence-electron chi connectivity index (χ3n) is 6.29. The van der Waals surface area contributed by atoms with Crippen molar-refractivity contribution in [3.05, 3.63) is 82.7 Å². The zero-order valence-electron chi connectivity index (χ0n) is 20.1. The van der Waals surface area contributed by atoms with E-state index >= 15 is 0 Å². The van der Waals surface area contributed by atoms with Gasteiger partial charge in [0, 0.05) is 57.1 Å². The standard InChI is InChI=1S/C27H34N4O2/c1-20(2)23-8-10-26(11-9-23)33-19-22-6-5-7-24(16-22)27(32)31-14-12-30(13-15-31)18-25-17-29(4)28-21(25)3/h5-11,16-17,20H,12-15,18-19H2,1-4H3. The summed E-state index contributed by atoms with van der Waals surface area (Å²) in [6, 6.07) is 16.0. The molecule has 2 heterocycles. The maximum absolute atomic E-state index is 13.1. The van der Waals surface area contributed by atoms with Crippen LogP contribution in [-0.2, 0) is 20.2 Å². The van der Waals surface area contributed by atoms with Crippen molar-refractivity contribution >= 4 is 5.91 Å². The van der Waals surface area contributed by atoms with Gasteiger partial charge in [0.2, 0.25) is 0 Å². The minimum absolute atomic E-state index is 0.0929. The number of carbonyl (C=O) groups excluding carboxylic acids is 1. The maximum atomic E-state index is 13.1. The lowest BCUT2D eigenvalue weighted by molar-refractivity contribution is 0.0628. The van der Waals surface area contributed by atoms with E-state index in [1.54, 1.807) is 0 Å². The molecule has 0 aliphatic carbocycles. The van der Waals surface area contributed by atoms with Crippen LogP contribution in [0, 0.1) is 6.92 Å². The summed E-state index contributed by atoms with van der Waals surface area (Å²) >= 11 is 0. The normalized spacial score (nSPS) is 14.6. The molecule has 174 valence electrons. The van der Waals surface area contributed by atoms with Crippen molar-refractivity contribution in [1.82, 2.24) is 19.6 Å². The average molecular weight is 447 g/mol. The summed E-state index contributed by atoms with van der Waals surface area (Å²) in [6.45, 7) is 11.0. The Morgan fingerprint density at radius 3 is 2.42 bits per heavy atom. The van der Waals surface area contributed by atoms with Crippen molar-refractivity contribution in [1.29, 1.82) is 0 Å². The molecular formula is C27H34N4O2. The molecule has 4 rings (SSSR count). The Morgan fingerprint density at radius 2 is 1.79 bits per heavy atom. The molecule has 2 aromatic carbocycles. The number of ether oxygens (including phenoxy) is 1. The van der Waals surface area contributed by atoms with E-state index in [0.29, 0.717) is 12.5 Å². The summed E-state index contributed by atoms with van der Waals surface area (Å²) in [6.07, 6.45) is 2.08. The summed E-state index contributed by atoms with van der Waals surface area (Å²) in [5, 5.41) is 4.43. The van der Waals surface area contributed by atoms with E-state index in [2.05, 4.69) is 42.2 Å². The third kappa shape index (κ3) is 5.82. The molecule has 1 aliphatic rings. The van der Waals surface area contributed by atoms with Crippen molar-refractivity contribution < 1.29 is 9.53 Å². The van der Waals surface area contributed by atoms with Crippen LogP contribution in [0.1, 0.15) is 52.5 Å². The van der Waals surface area contributed by atoms with Crippen LogP contribution in [0.3, 0.4) is 0 Å². The molecule has 0 bridgehead atoms. The van der Waals surface area contributed by atoms with Gasteiger partial charge in [0.1, 0.15) is 12.4 Å². The highest BCUT2D eigenvalue weighted by atomic mass is 16.5.